The van der Waals surface area contributed by atoms with Gasteiger partial charge in [0.1, 0.15) is 0 Å². The van der Waals surface area contributed by atoms with Crippen LogP contribution in [0.2, 0.25) is 0 Å². The minimum absolute atomic E-state index is 0.200. The lowest BCUT2D eigenvalue weighted by molar-refractivity contribution is -0.131. The number of hydrogen-bond donors (Lipinski definition) is 1. The van der Waals surface area contributed by atoms with E-state index in [9.17, 15) is 4.79 Å². The van der Waals surface area contributed by atoms with E-state index in [0.717, 1.165) is 37.3 Å². The number of amides is 1. The van der Waals surface area contributed by atoms with Crippen LogP contribution in [0, 0.1) is 6.92 Å². The van der Waals surface area contributed by atoms with E-state index >= 15 is 0 Å². The summed E-state index contributed by atoms with van der Waals surface area (Å²) in [6, 6.07) is 4.39. The Morgan fingerprint density at radius 1 is 1.48 bits per heavy atom. The summed E-state index contributed by atoms with van der Waals surface area (Å²) in [5, 5.41) is 3.53. The Hall–Kier alpha value is -1.42. The minimum atomic E-state index is 0.200. The Labute approximate surface area is 127 Å². The summed E-state index contributed by atoms with van der Waals surface area (Å²) >= 11 is 0. The first kappa shape index (κ1) is 16.0. The molecule has 1 aliphatic rings. The zero-order valence-electron chi connectivity index (χ0n) is 13.3. The van der Waals surface area contributed by atoms with Crippen LogP contribution in [-0.2, 0) is 11.2 Å². The number of piperidine rings is 1. The lowest BCUT2D eigenvalue weighted by Gasteiger charge is -2.30. The molecule has 0 aliphatic carbocycles. The van der Waals surface area contributed by atoms with E-state index in [1.807, 2.05) is 24.0 Å². The smallest absolute Gasteiger partial charge is 0.228 e. The first-order chi connectivity index (χ1) is 10.2. The predicted molar refractivity (Wildman–Crippen MR) is 85.2 cm³/mol. The number of carbonyl (C=O) groups excluding carboxylic acids is 1. The molecule has 1 aliphatic heterocycles. The molecular weight excluding hydrogens is 262 g/mol. The highest BCUT2D eigenvalue weighted by atomic mass is 16.2. The van der Waals surface area contributed by atoms with E-state index in [-0.39, 0.29) is 5.91 Å². The standard InChI is InChI=1S/C17H27N3O/c1-3-11-20(13-15-8-4-5-9-18-15)17(21)12-16-14(2)7-6-10-19-16/h6-7,10,15,18H,3-5,8-9,11-13H2,1-2H3. The van der Waals surface area contributed by atoms with Crippen molar-refractivity contribution < 1.29 is 4.79 Å². The van der Waals surface area contributed by atoms with Gasteiger partial charge in [0, 0.05) is 25.3 Å². The number of hydrogen-bond acceptors (Lipinski definition) is 3. The molecule has 2 rings (SSSR count). The van der Waals surface area contributed by atoms with Gasteiger partial charge in [0.2, 0.25) is 5.91 Å². The minimum Gasteiger partial charge on any atom is -0.341 e. The Balaban J connectivity index is 1.96. The number of pyridine rings is 1. The highest BCUT2D eigenvalue weighted by Crippen LogP contribution is 2.11. The molecule has 1 amide bonds. The van der Waals surface area contributed by atoms with Gasteiger partial charge >= 0.3 is 0 Å². The third-order valence-corrected chi connectivity index (χ3v) is 4.14. The largest absolute Gasteiger partial charge is 0.341 e. The maximum Gasteiger partial charge on any atom is 0.228 e. The van der Waals surface area contributed by atoms with Crippen molar-refractivity contribution in [2.45, 2.75) is 52.0 Å². The van der Waals surface area contributed by atoms with E-state index in [4.69, 9.17) is 0 Å². The lowest BCUT2D eigenvalue weighted by atomic mass is 10.0. The molecule has 2 heterocycles. The molecule has 21 heavy (non-hydrogen) atoms. The molecule has 4 heteroatoms. The Morgan fingerprint density at radius 2 is 2.33 bits per heavy atom. The van der Waals surface area contributed by atoms with E-state index in [0.29, 0.717) is 12.5 Å². The zero-order chi connectivity index (χ0) is 15.1. The summed E-state index contributed by atoms with van der Waals surface area (Å²) < 4.78 is 0. The van der Waals surface area contributed by atoms with Gasteiger partial charge in [0.25, 0.3) is 0 Å². The second-order valence-corrected chi connectivity index (χ2v) is 5.93. The van der Waals surface area contributed by atoms with Crippen molar-refractivity contribution in [3.63, 3.8) is 0 Å². The maximum atomic E-state index is 12.6. The fraction of sp³-hybridized carbons (Fsp3) is 0.647. The molecule has 4 nitrogen and oxygen atoms in total. The zero-order valence-corrected chi connectivity index (χ0v) is 13.3. The number of nitrogens with zero attached hydrogens (tertiary/aromatic N) is 2. The molecular formula is C17H27N3O. The second kappa shape index (κ2) is 8.13. The molecule has 0 saturated carbocycles. The van der Waals surface area contributed by atoms with Gasteiger partial charge in [-0.1, -0.05) is 19.4 Å². The summed E-state index contributed by atoms with van der Waals surface area (Å²) in [6.07, 6.45) is 6.88. The number of nitrogens with one attached hydrogen (secondary N) is 1. The molecule has 1 aromatic heterocycles. The third kappa shape index (κ3) is 4.81. The average molecular weight is 289 g/mol. The second-order valence-electron chi connectivity index (χ2n) is 5.93. The summed E-state index contributed by atoms with van der Waals surface area (Å²) in [5.74, 6) is 0.200. The number of aryl methyl sites for hydroxylation is 1. The van der Waals surface area contributed by atoms with Gasteiger partial charge in [0.15, 0.2) is 0 Å². The van der Waals surface area contributed by atoms with Gasteiger partial charge < -0.3 is 10.2 Å². The van der Waals surface area contributed by atoms with Crippen molar-refractivity contribution in [1.29, 1.82) is 0 Å². The van der Waals surface area contributed by atoms with Crippen LogP contribution in [0.4, 0.5) is 0 Å². The fourth-order valence-electron chi connectivity index (χ4n) is 2.89. The average Bonchev–Trinajstić information content (AvgIpc) is 2.50. The number of rotatable bonds is 6. The number of aromatic nitrogens is 1. The summed E-state index contributed by atoms with van der Waals surface area (Å²) in [5.41, 5.74) is 2.00. The fourth-order valence-corrected chi connectivity index (χ4v) is 2.89. The first-order valence-corrected chi connectivity index (χ1v) is 8.12. The van der Waals surface area contributed by atoms with Crippen molar-refractivity contribution in [1.82, 2.24) is 15.2 Å². The highest BCUT2D eigenvalue weighted by molar-refractivity contribution is 5.78. The van der Waals surface area contributed by atoms with Crippen molar-refractivity contribution in [2.24, 2.45) is 0 Å². The van der Waals surface area contributed by atoms with Gasteiger partial charge in [-0.2, -0.15) is 0 Å². The number of carbonyl (C=O) groups is 1. The summed E-state index contributed by atoms with van der Waals surface area (Å²) in [7, 11) is 0. The van der Waals surface area contributed by atoms with E-state index < -0.39 is 0 Å². The molecule has 0 spiro atoms. The van der Waals surface area contributed by atoms with Gasteiger partial charge in [0.05, 0.1) is 12.1 Å². The van der Waals surface area contributed by atoms with Crippen LogP contribution in [0.5, 0.6) is 0 Å². The van der Waals surface area contributed by atoms with Crippen LogP contribution in [0.15, 0.2) is 18.3 Å². The Morgan fingerprint density at radius 3 is 3.00 bits per heavy atom. The normalized spacial score (nSPS) is 18.5. The molecule has 0 bridgehead atoms. The van der Waals surface area contributed by atoms with Gasteiger partial charge in [-0.3, -0.25) is 9.78 Å². The van der Waals surface area contributed by atoms with Crippen LogP contribution in [0.3, 0.4) is 0 Å². The van der Waals surface area contributed by atoms with Crippen LogP contribution in [0.25, 0.3) is 0 Å². The van der Waals surface area contributed by atoms with Crippen LogP contribution >= 0.6 is 0 Å². The summed E-state index contributed by atoms with van der Waals surface area (Å²) in [6.45, 7) is 6.89. The SMILES string of the molecule is CCCN(CC1CCCCN1)C(=O)Cc1ncccc1C. The van der Waals surface area contributed by atoms with Crippen LogP contribution in [0.1, 0.15) is 43.9 Å². The topological polar surface area (TPSA) is 45.2 Å². The molecule has 0 aromatic carbocycles. The van der Waals surface area contributed by atoms with Gasteiger partial charge in [-0.15, -0.1) is 0 Å². The molecule has 1 N–H and O–H groups in total. The maximum absolute atomic E-state index is 12.6. The van der Waals surface area contributed by atoms with E-state index in [2.05, 4.69) is 17.2 Å². The monoisotopic (exact) mass is 289 g/mol. The quantitative estimate of drug-likeness (QED) is 0.874. The molecule has 0 radical (unpaired) electrons. The molecule has 116 valence electrons. The van der Waals surface area contributed by atoms with E-state index in [1.54, 1.807) is 6.20 Å². The third-order valence-electron chi connectivity index (χ3n) is 4.14. The molecule has 1 atom stereocenters. The Kier molecular flexibility index (Phi) is 6.18. The molecule has 1 saturated heterocycles. The molecule has 1 unspecified atom stereocenters. The molecule has 1 aromatic rings. The van der Waals surface area contributed by atoms with Gasteiger partial charge in [-0.25, -0.2) is 0 Å². The van der Waals surface area contributed by atoms with Gasteiger partial charge in [-0.05, 0) is 44.4 Å². The van der Waals surface area contributed by atoms with Crippen LogP contribution in [-0.4, -0.2) is 41.5 Å². The summed E-state index contributed by atoms with van der Waals surface area (Å²) in [4.78, 5) is 18.9. The highest BCUT2D eigenvalue weighted by Gasteiger charge is 2.20. The van der Waals surface area contributed by atoms with Crippen LogP contribution < -0.4 is 5.32 Å². The van der Waals surface area contributed by atoms with Crippen molar-refractivity contribution in [3.05, 3.63) is 29.6 Å². The van der Waals surface area contributed by atoms with Crippen molar-refractivity contribution >= 4 is 5.91 Å². The lowest BCUT2D eigenvalue weighted by Crippen LogP contribution is -2.46. The first-order valence-electron chi connectivity index (χ1n) is 8.12. The molecule has 1 fully saturated rings. The van der Waals surface area contributed by atoms with Crippen molar-refractivity contribution in [2.75, 3.05) is 19.6 Å². The Bertz CT molecular complexity index is 455. The predicted octanol–water partition coefficient (Wildman–Crippen LogP) is 2.31. The van der Waals surface area contributed by atoms with Crippen molar-refractivity contribution in [3.8, 4) is 0 Å². The van der Waals surface area contributed by atoms with E-state index in [1.165, 1.54) is 19.3 Å².